The quantitative estimate of drug-likeness (QED) is 0.667. The van der Waals surface area contributed by atoms with Gasteiger partial charge in [-0.1, -0.05) is 31.4 Å². The van der Waals surface area contributed by atoms with Crippen LogP contribution in [0.1, 0.15) is 42.6 Å². The third-order valence-electron chi connectivity index (χ3n) is 6.15. The number of nitrogens with one attached hydrogen (secondary N) is 1. The number of fused-ring (bicyclic) bond motifs is 1. The number of morpholine rings is 1. The third kappa shape index (κ3) is 4.22. The molecular formula is C23H26N4O3S. The zero-order chi connectivity index (χ0) is 21.2. The van der Waals surface area contributed by atoms with E-state index in [4.69, 9.17) is 9.72 Å². The van der Waals surface area contributed by atoms with E-state index in [1.807, 2.05) is 45.1 Å². The molecule has 1 aromatic carbocycles. The lowest BCUT2D eigenvalue weighted by Crippen LogP contribution is -2.41. The van der Waals surface area contributed by atoms with Crippen molar-refractivity contribution in [3.63, 3.8) is 0 Å². The molecule has 1 aliphatic carbocycles. The number of carbonyl (C=O) groups excluding carboxylic acids is 2. The second-order valence-electron chi connectivity index (χ2n) is 8.21. The van der Waals surface area contributed by atoms with Crippen molar-refractivity contribution >= 4 is 33.8 Å². The van der Waals surface area contributed by atoms with Crippen LogP contribution >= 0.6 is 11.3 Å². The number of benzene rings is 1. The lowest BCUT2D eigenvalue weighted by molar-refractivity contribution is -0.120. The average molecular weight is 439 g/mol. The maximum atomic E-state index is 12.9. The summed E-state index contributed by atoms with van der Waals surface area (Å²) in [7, 11) is 0. The zero-order valence-corrected chi connectivity index (χ0v) is 18.2. The number of aromatic nitrogens is 2. The molecule has 0 spiro atoms. The molecule has 1 saturated heterocycles. The summed E-state index contributed by atoms with van der Waals surface area (Å²) >= 11 is 1.47. The van der Waals surface area contributed by atoms with E-state index in [2.05, 4.69) is 5.32 Å². The number of nitrogens with zero attached hydrogens (tertiary/aromatic N) is 3. The first-order chi connectivity index (χ1) is 15.2. The van der Waals surface area contributed by atoms with Crippen molar-refractivity contribution in [3.8, 4) is 11.3 Å². The van der Waals surface area contributed by atoms with Gasteiger partial charge >= 0.3 is 0 Å². The van der Waals surface area contributed by atoms with E-state index in [-0.39, 0.29) is 17.7 Å². The molecule has 3 heterocycles. The van der Waals surface area contributed by atoms with Gasteiger partial charge in [0.2, 0.25) is 5.91 Å². The van der Waals surface area contributed by atoms with E-state index in [0.29, 0.717) is 32.0 Å². The average Bonchev–Trinajstić information content (AvgIpc) is 3.41. The first-order valence-electron chi connectivity index (χ1n) is 10.9. The summed E-state index contributed by atoms with van der Waals surface area (Å²) in [5.74, 6) is 0.274. The van der Waals surface area contributed by atoms with Crippen LogP contribution in [-0.4, -0.2) is 52.4 Å². The highest BCUT2D eigenvalue weighted by molar-refractivity contribution is 7.15. The van der Waals surface area contributed by atoms with E-state index >= 15 is 0 Å². The first kappa shape index (κ1) is 20.2. The molecule has 0 atom stereocenters. The molecule has 2 fully saturated rings. The Labute approximate surface area is 185 Å². The fraction of sp³-hybridized carbons (Fsp3) is 0.435. The van der Waals surface area contributed by atoms with Gasteiger partial charge in [0.25, 0.3) is 5.91 Å². The number of hydrogen-bond donors (Lipinski definition) is 1. The molecule has 31 heavy (non-hydrogen) atoms. The summed E-state index contributed by atoms with van der Waals surface area (Å²) < 4.78 is 7.22. The normalized spacial score (nSPS) is 17.7. The number of thiazole rings is 1. The van der Waals surface area contributed by atoms with Crippen molar-refractivity contribution < 1.29 is 14.3 Å². The van der Waals surface area contributed by atoms with E-state index < -0.39 is 0 Å². The van der Waals surface area contributed by atoms with Gasteiger partial charge in [0.15, 0.2) is 4.96 Å². The van der Waals surface area contributed by atoms with Crippen LogP contribution in [0.3, 0.4) is 0 Å². The van der Waals surface area contributed by atoms with Gasteiger partial charge < -0.3 is 15.0 Å². The molecule has 1 aliphatic heterocycles. The second-order valence-corrected chi connectivity index (χ2v) is 9.04. The van der Waals surface area contributed by atoms with Gasteiger partial charge in [-0.05, 0) is 25.0 Å². The van der Waals surface area contributed by atoms with E-state index in [1.165, 1.54) is 17.8 Å². The Morgan fingerprint density at radius 2 is 1.81 bits per heavy atom. The van der Waals surface area contributed by atoms with Crippen LogP contribution in [-0.2, 0) is 9.53 Å². The fourth-order valence-electron chi connectivity index (χ4n) is 4.34. The van der Waals surface area contributed by atoms with E-state index in [9.17, 15) is 9.59 Å². The largest absolute Gasteiger partial charge is 0.378 e. The molecule has 0 unspecified atom stereocenters. The predicted octanol–water partition coefficient (Wildman–Crippen LogP) is 4.05. The number of amides is 2. The number of hydrogen-bond acceptors (Lipinski definition) is 5. The summed E-state index contributed by atoms with van der Waals surface area (Å²) in [6, 6.07) is 7.77. The lowest BCUT2D eigenvalue weighted by Gasteiger charge is -2.26. The summed E-state index contributed by atoms with van der Waals surface area (Å²) in [6.45, 7) is 2.40. The number of ether oxygens (including phenoxy) is 1. The number of carbonyl (C=O) groups is 2. The van der Waals surface area contributed by atoms with Crippen LogP contribution in [0.25, 0.3) is 16.2 Å². The lowest BCUT2D eigenvalue weighted by atomic mass is 9.88. The van der Waals surface area contributed by atoms with Crippen molar-refractivity contribution in [2.24, 2.45) is 5.92 Å². The molecule has 8 heteroatoms. The molecule has 2 aliphatic rings. The zero-order valence-electron chi connectivity index (χ0n) is 17.4. The molecule has 0 bridgehead atoms. The van der Waals surface area contributed by atoms with Crippen LogP contribution in [0.5, 0.6) is 0 Å². The van der Waals surface area contributed by atoms with Gasteiger partial charge in [0.1, 0.15) is 5.69 Å². The van der Waals surface area contributed by atoms with Crippen LogP contribution in [0, 0.1) is 5.92 Å². The second kappa shape index (κ2) is 8.80. The van der Waals surface area contributed by atoms with Crippen molar-refractivity contribution in [1.29, 1.82) is 0 Å². The number of anilines is 1. The summed E-state index contributed by atoms with van der Waals surface area (Å²) in [6.07, 6.45) is 7.41. The molecule has 2 aromatic heterocycles. The van der Waals surface area contributed by atoms with Crippen molar-refractivity contribution in [1.82, 2.24) is 14.3 Å². The molecule has 1 N–H and O–H groups in total. The number of rotatable bonds is 4. The highest BCUT2D eigenvalue weighted by Crippen LogP contribution is 2.27. The Balaban J connectivity index is 1.31. The highest BCUT2D eigenvalue weighted by Gasteiger charge is 2.23. The SMILES string of the molecule is O=C(Nc1ccc(-c2cn3c(C(=O)N4CCOCC4)csc3n2)cc1)C1CCCCC1. The van der Waals surface area contributed by atoms with Crippen LogP contribution in [0.15, 0.2) is 35.8 Å². The standard InChI is InChI=1S/C23H26N4O3S/c28-21(17-4-2-1-3-5-17)24-18-8-6-16(7-9-18)19-14-27-20(15-31-23(27)25-19)22(29)26-10-12-30-13-11-26/h6-9,14-15,17H,1-5,10-13H2,(H,24,28). The molecule has 2 amide bonds. The van der Waals surface area contributed by atoms with Gasteiger partial charge in [-0.25, -0.2) is 4.98 Å². The minimum Gasteiger partial charge on any atom is -0.378 e. The summed E-state index contributed by atoms with van der Waals surface area (Å²) in [5, 5.41) is 4.92. The van der Waals surface area contributed by atoms with Crippen molar-refractivity contribution in [2.45, 2.75) is 32.1 Å². The Morgan fingerprint density at radius 3 is 2.55 bits per heavy atom. The van der Waals surface area contributed by atoms with Gasteiger partial charge in [0.05, 0.1) is 18.9 Å². The molecule has 162 valence electrons. The highest BCUT2D eigenvalue weighted by atomic mass is 32.1. The van der Waals surface area contributed by atoms with E-state index in [1.54, 1.807) is 0 Å². The van der Waals surface area contributed by atoms with Crippen molar-refractivity contribution in [3.05, 3.63) is 41.5 Å². The van der Waals surface area contributed by atoms with Crippen LogP contribution in [0.2, 0.25) is 0 Å². The molecular weight excluding hydrogens is 412 g/mol. The first-order valence-corrected chi connectivity index (χ1v) is 11.8. The summed E-state index contributed by atoms with van der Waals surface area (Å²) in [4.78, 5) is 32.7. The van der Waals surface area contributed by atoms with Gasteiger partial charge in [-0.3, -0.25) is 14.0 Å². The Hall–Kier alpha value is -2.71. The third-order valence-corrected chi connectivity index (χ3v) is 6.99. The Bertz CT molecular complexity index is 1080. The Morgan fingerprint density at radius 1 is 1.06 bits per heavy atom. The van der Waals surface area contributed by atoms with Gasteiger partial charge in [-0.2, -0.15) is 0 Å². The Kier molecular flexibility index (Phi) is 5.74. The van der Waals surface area contributed by atoms with Gasteiger partial charge in [0, 0.05) is 41.8 Å². The van der Waals surface area contributed by atoms with Gasteiger partial charge in [-0.15, -0.1) is 11.3 Å². The molecule has 0 radical (unpaired) electrons. The molecule has 1 saturated carbocycles. The number of imidazole rings is 1. The predicted molar refractivity (Wildman–Crippen MR) is 120 cm³/mol. The minimum atomic E-state index is 0.0132. The topological polar surface area (TPSA) is 75.9 Å². The fourth-order valence-corrected chi connectivity index (χ4v) is 5.19. The van der Waals surface area contributed by atoms with Crippen LogP contribution in [0.4, 0.5) is 5.69 Å². The minimum absolute atomic E-state index is 0.0132. The maximum absolute atomic E-state index is 12.9. The monoisotopic (exact) mass is 438 g/mol. The molecule has 3 aromatic rings. The molecule has 5 rings (SSSR count). The van der Waals surface area contributed by atoms with Crippen molar-refractivity contribution in [2.75, 3.05) is 31.6 Å². The maximum Gasteiger partial charge on any atom is 0.271 e. The van der Waals surface area contributed by atoms with Crippen LogP contribution < -0.4 is 5.32 Å². The molecule has 7 nitrogen and oxygen atoms in total. The summed E-state index contributed by atoms with van der Waals surface area (Å²) in [5.41, 5.74) is 3.21. The smallest absolute Gasteiger partial charge is 0.271 e. The van der Waals surface area contributed by atoms with E-state index in [0.717, 1.165) is 47.6 Å².